The predicted molar refractivity (Wildman–Crippen MR) is 117 cm³/mol. The van der Waals surface area contributed by atoms with E-state index in [1.54, 1.807) is 19.1 Å². The lowest BCUT2D eigenvalue weighted by molar-refractivity contribution is -0.131. The lowest BCUT2D eigenvalue weighted by atomic mass is 9.94. The predicted octanol–water partition coefficient (Wildman–Crippen LogP) is 3.10. The summed E-state index contributed by atoms with van der Waals surface area (Å²) in [5.41, 5.74) is 2.33. The quantitative estimate of drug-likeness (QED) is 0.571. The second-order valence-electron chi connectivity index (χ2n) is 7.78. The van der Waals surface area contributed by atoms with Crippen molar-refractivity contribution >= 4 is 29.5 Å². The molecule has 3 heterocycles. The maximum absolute atomic E-state index is 12.7. The molecule has 3 aromatic rings. The number of anilines is 1. The second kappa shape index (κ2) is 10.7. The van der Waals surface area contributed by atoms with E-state index in [1.165, 1.54) is 0 Å². The highest BCUT2D eigenvalue weighted by atomic mass is 16.5. The van der Waals surface area contributed by atoms with Crippen molar-refractivity contribution in [1.82, 2.24) is 15.0 Å². The summed E-state index contributed by atoms with van der Waals surface area (Å²) in [6.07, 6.45) is 2.52. The Bertz CT molecular complexity index is 1050. The number of amides is 1. The summed E-state index contributed by atoms with van der Waals surface area (Å²) >= 11 is 0. The van der Waals surface area contributed by atoms with Crippen LogP contribution >= 0.6 is 0 Å². The fraction of sp³-hybridized carbons (Fsp3) is 0.455. The highest BCUT2D eigenvalue weighted by Crippen LogP contribution is 2.29. The highest BCUT2D eigenvalue weighted by Gasteiger charge is 2.26. The minimum absolute atomic E-state index is 0.105. The summed E-state index contributed by atoms with van der Waals surface area (Å²) in [4.78, 5) is 29.5. The number of methoxy groups -OCH3 is 1. The molecular formula is C22H28N4O6. The Labute approximate surface area is 185 Å². The molecule has 10 heteroatoms. The monoisotopic (exact) mass is 444 g/mol. The van der Waals surface area contributed by atoms with Gasteiger partial charge in [0.05, 0.1) is 19.3 Å². The Morgan fingerprint density at radius 2 is 2.19 bits per heavy atom. The van der Waals surface area contributed by atoms with Gasteiger partial charge in [0.25, 0.3) is 12.5 Å². The first kappa shape index (κ1) is 23.1. The van der Waals surface area contributed by atoms with Crippen LogP contribution in [0, 0.1) is 12.8 Å². The third kappa shape index (κ3) is 5.77. The molecule has 1 aliphatic heterocycles. The zero-order valence-electron chi connectivity index (χ0n) is 18.5. The molecule has 0 saturated carbocycles. The van der Waals surface area contributed by atoms with Crippen LogP contribution < -0.4 is 9.64 Å². The van der Waals surface area contributed by atoms with Crippen molar-refractivity contribution in [3.05, 3.63) is 35.7 Å². The first-order valence-corrected chi connectivity index (χ1v) is 10.4. The van der Waals surface area contributed by atoms with Crippen molar-refractivity contribution in [3.8, 4) is 5.75 Å². The molecule has 0 bridgehead atoms. The fourth-order valence-corrected chi connectivity index (χ4v) is 3.78. The molecule has 1 atom stereocenters. The molecule has 2 aromatic heterocycles. The number of hydrogen-bond donors (Lipinski definition) is 1. The number of benzene rings is 1. The number of carbonyl (C=O) groups is 2. The Morgan fingerprint density at radius 3 is 2.88 bits per heavy atom. The van der Waals surface area contributed by atoms with Crippen molar-refractivity contribution in [1.29, 1.82) is 0 Å². The topological polar surface area (TPSA) is 122 Å². The standard InChI is InChI=1S/C21H26N4O4.CH2O2/c1-14-9-17(29-23-14)13-24(2)20(26)10-15-5-4-8-25(12-15)21-22-18-11-16(27-3)6-7-19(18)28-21;2-1-3/h6-7,9,11,15H,4-5,8,10,12-13H2,1-3H3;1H,(H,2,3). The molecule has 1 N–H and O–H groups in total. The zero-order valence-corrected chi connectivity index (χ0v) is 18.5. The van der Waals surface area contributed by atoms with Gasteiger partial charge in [-0.3, -0.25) is 9.59 Å². The van der Waals surface area contributed by atoms with Crippen LogP contribution in [-0.2, 0) is 16.1 Å². The Balaban J connectivity index is 0.000000913. The van der Waals surface area contributed by atoms with Crippen LogP contribution in [0.2, 0.25) is 0 Å². The number of rotatable bonds is 6. The van der Waals surface area contributed by atoms with E-state index in [-0.39, 0.29) is 18.3 Å². The van der Waals surface area contributed by atoms with Crippen LogP contribution in [0.3, 0.4) is 0 Å². The van der Waals surface area contributed by atoms with Crippen LogP contribution in [-0.4, -0.2) is 59.8 Å². The van der Waals surface area contributed by atoms with Crippen LogP contribution in [0.4, 0.5) is 6.01 Å². The van der Waals surface area contributed by atoms with E-state index < -0.39 is 0 Å². The van der Waals surface area contributed by atoms with Crippen LogP contribution in [0.15, 0.2) is 33.2 Å². The third-order valence-electron chi connectivity index (χ3n) is 5.33. The fourth-order valence-electron chi connectivity index (χ4n) is 3.78. The van der Waals surface area contributed by atoms with E-state index in [0.29, 0.717) is 24.7 Å². The normalized spacial score (nSPS) is 15.7. The number of carbonyl (C=O) groups excluding carboxylic acids is 1. The molecule has 1 saturated heterocycles. The van der Waals surface area contributed by atoms with E-state index in [0.717, 1.165) is 48.5 Å². The number of aryl methyl sites for hydroxylation is 1. The number of fused-ring (bicyclic) bond motifs is 1. The maximum Gasteiger partial charge on any atom is 0.298 e. The van der Waals surface area contributed by atoms with Crippen molar-refractivity contribution in [2.45, 2.75) is 32.7 Å². The van der Waals surface area contributed by atoms with Crippen molar-refractivity contribution in [2.75, 3.05) is 32.1 Å². The van der Waals surface area contributed by atoms with Gasteiger partial charge in [-0.1, -0.05) is 5.16 Å². The van der Waals surface area contributed by atoms with Crippen molar-refractivity contribution in [2.24, 2.45) is 5.92 Å². The number of hydrogen-bond acceptors (Lipinski definition) is 8. The molecule has 1 unspecified atom stereocenters. The molecule has 10 nitrogen and oxygen atoms in total. The smallest absolute Gasteiger partial charge is 0.298 e. The number of carboxylic acid groups (broad SMARTS) is 1. The molecule has 1 aromatic carbocycles. The van der Waals surface area contributed by atoms with Gasteiger partial charge >= 0.3 is 0 Å². The molecule has 1 fully saturated rings. The zero-order chi connectivity index (χ0) is 23.1. The van der Waals surface area contributed by atoms with Gasteiger partial charge in [-0.15, -0.1) is 0 Å². The summed E-state index contributed by atoms with van der Waals surface area (Å²) in [5.74, 6) is 1.82. The number of ether oxygens (including phenoxy) is 1. The van der Waals surface area contributed by atoms with Gasteiger partial charge in [0.15, 0.2) is 11.3 Å². The van der Waals surface area contributed by atoms with Gasteiger partial charge in [-0.2, -0.15) is 4.98 Å². The van der Waals surface area contributed by atoms with Crippen molar-refractivity contribution in [3.63, 3.8) is 0 Å². The second-order valence-corrected chi connectivity index (χ2v) is 7.78. The molecular weight excluding hydrogens is 416 g/mol. The Morgan fingerprint density at radius 1 is 1.41 bits per heavy atom. The van der Waals surface area contributed by atoms with Gasteiger partial charge in [-0.05, 0) is 37.8 Å². The molecule has 0 aliphatic carbocycles. The molecule has 4 rings (SSSR count). The first-order valence-electron chi connectivity index (χ1n) is 10.4. The third-order valence-corrected chi connectivity index (χ3v) is 5.33. The van der Waals surface area contributed by atoms with Crippen LogP contribution in [0.5, 0.6) is 5.75 Å². The number of piperidine rings is 1. The summed E-state index contributed by atoms with van der Waals surface area (Å²) < 4.78 is 16.4. The Hall–Kier alpha value is -3.56. The Kier molecular flexibility index (Phi) is 7.69. The van der Waals surface area contributed by atoms with Crippen LogP contribution in [0.25, 0.3) is 11.1 Å². The summed E-state index contributed by atoms with van der Waals surface area (Å²) in [7, 11) is 3.43. The van der Waals surface area contributed by atoms with Crippen molar-refractivity contribution < 1.29 is 28.4 Å². The number of nitrogens with zero attached hydrogens (tertiary/aromatic N) is 4. The summed E-state index contributed by atoms with van der Waals surface area (Å²) in [6.45, 7) is 3.68. The average molecular weight is 444 g/mol. The molecule has 172 valence electrons. The largest absolute Gasteiger partial charge is 0.497 e. The maximum atomic E-state index is 12.7. The lowest BCUT2D eigenvalue weighted by Gasteiger charge is -2.32. The molecule has 32 heavy (non-hydrogen) atoms. The lowest BCUT2D eigenvalue weighted by Crippen LogP contribution is -2.38. The number of oxazole rings is 1. The molecule has 1 aliphatic rings. The molecule has 0 spiro atoms. The van der Waals surface area contributed by atoms with E-state index in [2.05, 4.69) is 15.0 Å². The van der Waals surface area contributed by atoms with Gasteiger partial charge in [0.1, 0.15) is 11.3 Å². The van der Waals surface area contributed by atoms with E-state index in [9.17, 15) is 4.79 Å². The number of aromatic nitrogens is 2. The van der Waals surface area contributed by atoms with Crippen LogP contribution in [0.1, 0.15) is 30.7 Å². The molecule has 0 radical (unpaired) electrons. The summed E-state index contributed by atoms with van der Waals surface area (Å²) in [6, 6.07) is 8.06. The first-order chi connectivity index (χ1) is 15.4. The average Bonchev–Trinajstić information content (AvgIpc) is 3.39. The molecule has 1 amide bonds. The van der Waals surface area contributed by atoms with Gasteiger partial charge in [0, 0.05) is 38.7 Å². The van der Waals surface area contributed by atoms with Gasteiger partial charge < -0.3 is 28.6 Å². The highest BCUT2D eigenvalue weighted by molar-refractivity contribution is 5.77. The van der Waals surface area contributed by atoms with Gasteiger partial charge in [0.2, 0.25) is 5.91 Å². The minimum Gasteiger partial charge on any atom is -0.497 e. The van der Waals surface area contributed by atoms with Gasteiger partial charge in [-0.25, -0.2) is 0 Å². The van der Waals surface area contributed by atoms with E-state index >= 15 is 0 Å². The SMILES string of the molecule is COc1ccc2oc(N3CCCC(CC(=O)N(C)Cc4cc(C)no4)C3)nc2c1.O=CO. The minimum atomic E-state index is -0.250. The summed E-state index contributed by atoms with van der Waals surface area (Å²) in [5, 5.41) is 10.8. The van der Waals surface area contributed by atoms with E-state index in [4.69, 9.17) is 23.6 Å². The van der Waals surface area contributed by atoms with E-state index in [1.807, 2.05) is 31.2 Å².